The van der Waals surface area contributed by atoms with Crippen molar-refractivity contribution in [3.63, 3.8) is 0 Å². The fourth-order valence-corrected chi connectivity index (χ4v) is 2.58. The van der Waals surface area contributed by atoms with E-state index in [1.807, 2.05) is 48.5 Å². The number of benzene rings is 2. The van der Waals surface area contributed by atoms with Gasteiger partial charge in [0.05, 0.1) is 14.2 Å². The zero-order valence-electron chi connectivity index (χ0n) is 14.3. The highest BCUT2D eigenvalue weighted by atomic mass is 16.5. The van der Waals surface area contributed by atoms with E-state index in [2.05, 4.69) is 10.3 Å². The lowest BCUT2D eigenvalue weighted by atomic mass is 10.1. The molecule has 0 unspecified atom stereocenters. The Labute approximate surface area is 147 Å². The summed E-state index contributed by atoms with van der Waals surface area (Å²) in [4.78, 5) is 16.5. The van der Waals surface area contributed by atoms with Gasteiger partial charge in [0.15, 0.2) is 0 Å². The number of methoxy groups -OCH3 is 2. The van der Waals surface area contributed by atoms with Gasteiger partial charge < -0.3 is 14.8 Å². The van der Waals surface area contributed by atoms with Crippen LogP contribution in [0.1, 0.15) is 17.5 Å². The van der Waals surface area contributed by atoms with Crippen LogP contribution in [0.5, 0.6) is 11.5 Å². The molecule has 25 heavy (non-hydrogen) atoms. The van der Waals surface area contributed by atoms with Crippen molar-refractivity contribution in [3.05, 3.63) is 65.4 Å². The second-order valence-corrected chi connectivity index (χ2v) is 5.67. The Morgan fingerprint density at radius 1 is 1.00 bits per heavy atom. The fourth-order valence-electron chi connectivity index (χ4n) is 2.58. The molecule has 2 aromatic rings. The van der Waals surface area contributed by atoms with Crippen LogP contribution in [-0.2, 0) is 11.2 Å². The Hall–Kier alpha value is -3.08. The number of rotatable bonds is 6. The highest BCUT2D eigenvalue weighted by molar-refractivity contribution is 6.14. The molecule has 5 heteroatoms. The molecular weight excluding hydrogens is 316 g/mol. The fraction of sp³-hybridized carbons (Fsp3) is 0.200. The van der Waals surface area contributed by atoms with Crippen LogP contribution in [0.2, 0.25) is 0 Å². The van der Waals surface area contributed by atoms with Gasteiger partial charge in [-0.2, -0.15) is 0 Å². The van der Waals surface area contributed by atoms with Crippen molar-refractivity contribution >= 4 is 17.8 Å². The van der Waals surface area contributed by atoms with E-state index in [4.69, 9.17) is 9.47 Å². The van der Waals surface area contributed by atoms with Gasteiger partial charge in [-0.25, -0.2) is 4.99 Å². The normalized spacial score (nSPS) is 15.0. The lowest BCUT2D eigenvalue weighted by Crippen LogP contribution is -2.24. The summed E-state index contributed by atoms with van der Waals surface area (Å²) in [6.45, 7) is 0. The van der Waals surface area contributed by atoms with Crippen molar-refractivity contribution in [2.45, 2.75) is 12.8 Å². The number of amides is 1. The van der Waals surface area contributed by atoms with Gasteiger partial charge in [0.2, 0.25) is 0 Å². The van der Waals surface area contributed by atoms with Crippen LogP contribution >= 0.6 is 0 Å². The third-order valence-electron chi connectivity index (χ3n) is 3.95. The minimum atomic E-state index is -0.170. The van der Waals surface area contributed by atoms with E-state index < -0.39 is 0 Å². The monoisotopic (exact) mass is 336 g/mol. The molecule has 0 saturated heterocycles. The average molecular weight is 336 g/mol. The molecule has 0 radical (unpaired) electrons. The number of aliphatic imine (C=N–C) groups is 1. The van der Waals surface area contributed by atoms with E-state index in [0.717, 1.165) is 29.0 Å². The van der Waals surface area contributed by atoms with Crippen molar-refractivity contribution in [3.8, 4) is 11.5 Å². The highest BCUT2D eigenvalue weighted by Crippen LogP contribution is 2.18. The second kappa shape index (κ2) is 7.66. The number of hydrogen-bond donors (Lipinski definition) is 1. The van der Waals surface area contributed by atoms with E-state index in [0.29, 0.717) is 18.0 Å². The molecule has 0 atom stereocenters. The lowest BCUT2D eigenvalue weighted by molar-refractivity contribution is -0.115. The van der Waals surface area contributed by atoms with Gasteiger partial charge in [-0.1, -0.05) is 24.3 Å². The van der Waals surface area contributed by atoms with Gasteiger partial charge >= 0.3 is 0 Å². The average Bonchev–Trinajstić information content (AvgIpc) is 3.00. The number of carbonyl (C=O) groups is 1. The first-order valence-corrected chi connectivity index (χ1v) is 8.05. The smallest absolute Gasteiger partial charge is 0.275 e. The molecule has 0 bridgehead atoms. The predicted molar refractivity (Wildman–Crippen MR) is 97.9 cm³/mol. The Morgan fingerprint density at radius 3 is 2.48 bits per heavy atom. The quantitative estimate of drug-likeness (QED) is 0.824. The van der Waals surface area contributed by atoms with Crippen LogP contribution in [0.15, 0.2) is 59.2 Å². The van der Waals surface area contributed by atoms with Gasteiger partial charge in [-0.05, 0) is 47.9 Å². The molecule has 3 rings (SSSR count). The molecule has 1 aliphatic heterocycles. The molecule has 0 aromatic heterocycles. The van der Waals surface area contributed by atoms with Gasteiger partial charge in [-0.15, -0.1) is 0 Å². The zero-order chi connectivity index (χ0) is 17.6. The van der Waals surface area contributed by atoms with Crippen molar-refractivity contribution < 1.29 is 14.3 Å². The summed E-state index contributed by atoms with van der Waals surface area (Å²) in [7, 11) is 3.27. The Kier molecular flexibility index (Phi) is 5.14. The first kappa shape index (κ1) is 16.8. The zero-order valence-corrected chi connectivity index (χ0v) is 14.3. The molecule has 128 valence electrons. The molecule has 1 heterocycles. The minimum Gasteiger partial charge on any atom is -0.497 e. The number of aryl methyl sites for hydroxylation is 1. The maximum absolute atomic E-state index is 12.1. The van der Waals surface area contributed by atoms with Crippen LogP contribution in [0.4, 0.5) is 0 Å². The first-order valence-electron chi connectivity index (χ1n) is 8.05. The summed E-state index contributed by atoms with van der Waals surface area (Å²) in [5.41, 5.74) is 2.47. The summed E-state index contributed by atoms with van der Waals surface area (Å²) >= 11 is 0. The summed E-state index contributed by atoms with van der Waals surface area (Å²) in [6.07, 6.45) is 3.22. The predicted octanol–water partition coefficient (Wildman–Crippen LogP) is 3.21. The van der Waals surface area contributed by atoms with Gasteiger partial charge in [0.25, 0.3) is 5.91 Å². The maximum atomic E-state index is 12.1. The van der Waals surface area contributed by atoms with Gasteiger partial charge in [0, 0.05) is 6.42 Å². The molecular formula is C20H20N2O3. The van der Waals surface area contributed by atoms with Crippen LogP contribution in [0, 0.1) is 0 Å². The second-order valence-electron chi connectivity index (χ2n) is 5.67. The molecule has 0 saturated carbocycles. The van der Waals surface area contributed by atoms with Crippen LogP contribution in [0.3, 0.4) is 0 Å². The number of ether oxygens (including phenoxy) is 2. The van der Waals surface area contributed by atoms with Crippen LogP contribution in [0.25, 0.3) is 6.08 Å². The number of nitrogens with zero attached hydrogens (tertiary/aromatic N) is 1. The van der Waals surface area contributed by atoms with E-state index in [1.54, 1.807) is 20.3 Å². The van der Waals surface area contributed by atoms with E-state index in [-0.39, 0.29) is 5.91 Å². The highest BCUT2D eigenvalue weighted by Gasteiger charge is 2.19. The topological polar surface area (TPSA) is 59.9 Å². The lowest BCUT2D eigenvalue weighted by Gasteiger charge is -2.04. The molecule has 1 aliphatic rings. The summed E-state index contributed by atoms with van der Waals surface area (Å²) in [5, 5.41) is 2.83. The standard InChI is InChI=1S/C20H20N2O3/c1-24-16-9-6-15(7-10-16)13-18-20(23)22-19(21-18)11-8-14-4-3-5-17(12-14)25-2/h3-7,9-10,12-13H,8,11H2,1-2H3,(H,21,22,23)/b18-13+. The van der Waals surface area contributed by atoms with Gasteiger partial charge in [-0.3, -0.25) is 4.79 Å². The summed E-state index contributed by atoms with van der Waals surface area (Å²) < 4.78 is 10.4. The van der Waals surface area contributed by atoms with Crippen molar-refractivity contribution in [1.82, 2.24) is 5.32 Å². The third-order valence-corrected chi connectivity index (χ3v) is 3.95. The Bertz CT molecular complexity index is 823. The number of carbonyl (C=O) groups excluding carboxylic acids is 1. The molecule has 0 aliphatic carbocycles. The van der Waals surface area contributed by atoms with Crippen LogP contribution < -0.4 is 14.8 Å². The number of hydrogen-bond acceptors (Lipinski definition) is 4. The molecule has 0 spiro atoms. The summed E-state index contributed by atoms with van der Waals surface area (Å²) in [5.74, 6) is 2.12. The van der Waals surface area contributed by atoms with E-state index >= 15 is 0 Å². The molecule has 1 amide bonds. The third kappa shape index (κ3) is 4.26. The van der Waals surface area contributed by atoms with Crippen molar-refractivity contribution in [1.29, 1.82) is 0 Å². The maximum Gasteiger partial charge on any atom is 0.275 e. The molecule has 1 N–H and O–H groups in total. The van der Waals surface area contributed by atoms with Gasteiger partial charge in [0.1, 0.15) is 23.0 Å². The SMILES string of the molecule is COc1ccc(/C=C2/N=C(CCc3cccc(OC)c3)NC2=O)cc1. The van der Waals surface area contributed by atoms with E-state index in [9.17, 15) is 4.79 Å². The van der Waals surface area contributed by atoms with E-state index in [1.165, 1.54) is 0 Å². The number of nitrogens with one attached hydrogen (secondary N) is 1. The molecule has 0 fully saturated rings. The Morgan fingerprint density at radius 2 is 1.76 bits per heavy atom. The number of amidine groups is 1. The summed E-state index contributed by atoms with van der Waals surface area (Å²) in [6, 6.07) is 15.4. The van der Waals surface area contributed by atoms with Crippen LogP contribution in [-0.4, -0.2) is 26.0 Å². The minimum absolute atomic E-state index is 0.170. The largest absolute Gasteiger partial charge is 0.497 e. The van der Waals surface area contributed by atoms with Crippen molar-refractivity contribution in [2.24, 2.45) is 4.99 Å². The molecule has 2 aromatic carbocycles. The van der Waals surface area contributed by atoms with Crippen molar-refractivity contribution in [2.75, 3.05) is 14.2 Å². The molecule has 5 nitrogen and oxygen atoms in total. The first-order chi connectivity index (χ1) is 12.2. The Balaban J connectivity index is 1.67.